The second-order valence-corrected chi connectivity index (χ2v) is 4.46. The number of carbonyl (C=O) groups is 2. The fourth-order valence-electron chi connectivity index (χ4n) is 1.77. The predicted molar refractivity (Wildman–Crippen MR) is 67.9 cm³/mol. The maximum atomic E-state index is 11.4. The van der Waals surface area contributed by atoms with Gasteiger partial charge in [0, 0.05) is 5.57 Å². The summed E-state index contributed by atoms with van der Waals surface area (Å²) in [7, 11) is 0. The van der Waals surface area contributed by atoms with Gasteiger partial charge in [-0.1, -0.05) is 12.1 Å². The lowest BCUT2D eigenvalue weighted by Crippen LogP contribution is -2.19. The van der Waals surface area contributed by atoms with Crippen LogP contribution in [0.4, 0.5) is 0 Å². The summed E-state index contributed by atoms with van der Waals surface area (Å²) in [6.07, 6.45) is 1.96. The van der Waals surface area contributed by atoms with E-state index in [-0.39, 0.29) is 24.3 Å². The number of nitrogens with one attached hydrogen (secondary N) is 1. The van der Waals surface area contributed by atoms with Gasteiger partial charge in [-0.3, -0.25) is 14.9 Å². The van der Waals surface area contributed by atoms with E-state index >= 15 is 0 Å². The minimum Gasteiger partial charge on any atom is -0.491 e. The first kappa shape index (κ1) is 12.4. The van der Waals surface area contributed by atoms with Gasteiger partial charge in [0.1, 0.15) is 5.75 Å². The SMILES string of the molecule is CC(C)Oc1cccc(C=C2CC(=O)NC2=O)c1. The van der Waals surface area contributed by atoms with Crippen LogP contribution >= 0.6 is 0 Å². The van der Waals surface area contributed by atoms with Gasteiger partial charge < -0.3 is 4.74 Å². The molecule has 0 unspecified atom stereocenters. The van der Waals surface area contributed by atoms with Crippen LogP contribution in [0.5, 0.6) is 5.75 Å². The predicted octanol–water partition coefficient (Wildman–Crippen LogP) is 1.90. The summed E-state index contributed by atoms with van der Waals surface area (Å²) in [5, 5.41) is 2.26. The Morgan fingerprint density at radius 3 is 2.72 bits per heavy atom. The zero-order valence-electron chi connectivity index (χ0n) is 10.4. The van der Waals surface area contributed by atoms with Gasteiger partial charge in [0.2, 0.25) is 5.91 Å². The minimum absolute atomic E-state index is 0.101. The highest BCUT2D eigenvalue weighted by Crippen LogP contribution is 2.19. The number of ether oxygens (including phenoxy) is 1. The first-order valence-corrected chi connectivity index (χ1v) is 5.86. The van der Waals surface area contributed by atoms with E-state index in [1.165, 1.54) is 0 Å². The number of rotatable bonds is 3. The fraction of sp³-hybridized carbons (Fsp3) is 0.286. The van der Waals surface area contributed by atoms with E-state index < -0.39 is 0 Å². The monoisotopic (exact) mass is 245 g/mol. The normalized spacial score (nSPS) is 17.4. The Kier molecular flexibility index (Phi) is 3.46. The molecule has 94 valence electrons. The second kappa shape index (κ2) is 5.04. The highest BCUT2D eigenvalue weighted by atomic mass is 16.5. The lowest BCUT2D eigenvalue weighted by molar-refractivity contribution is -0.124. The van der Waals surface area contributed by atoms with Crippen molar-refractivity contribution in [3.05, 3.63) is 35.4 Å². The van der Waals surface area contributed by atoms with Gasteiger partial charge in [-0.15, -0.1) is 0 Å². The number of hydrogen-bond donors (Lipinski definition) is 1. The Morgan fingerprint density at radius 2 is 2.11 bits per heavy atom. The molecule has 1 aliphatic heterocycles. The lowest BCUT2D eigenvalue weighted by Gasteiger charge is -2.09. The van der Waals surface area contributed by atoms with Crippen molar-refractivity contribution in [1.82, 2.24) is 5.32 Å². The average molecular weight is 245 g/mol. The lowest BCUT2D eigenvalue weighted by atomic mass is 10.1. The molecule has 1 aliphatic rings. The largest absolute Gasteiger partial charge is 0.491 e. The van der Waals surface area contributed by atoms with Crippen LogP contribution in [-0.2, 0) is 9.59 Å². The summed E-state index contributed by atoms with van der Waals surface area (Å²) in [5.41, 5.74) is 1.34. The van der Waals surface area contributed by atoms with Gasteiger partial charge in [0.05, 0.1) is 12.5 Å². The van der Waals surface area contributed by atoms with Crippen molar-refractivity contribution in [3.8, 4) is 5.75 Å². The number of amides is 2. The topological polar surface area (TPSA) is 55.4 Å². The Balaban J connectivity index is 2.21. The van der Waals surface area contributed by atoms with E-state index in [1.54, 1.807) is 6.08 Å². The number of benzene rings is 1. The summed E-state index contributed by atoms with van der Waals surface area (Å²) in [6, 6.07) is 7.44. The van der Waals surface area contributed by atoms with Crippen molar-refractivity contribution in [2.75, 3.05) is 0 Å². The van der Waals surface area contributed by atoms with Crippen LogP contribution in [0.2, 0.25) is 0 Å². The first-order valence-electron chi connectivity index (χ1n) is 5.86. The Labute approximate surface area is 106 Å². The molecule has 1 saturated heterocycles. The molecule has 0 spiro atoms. The molecule has 0 atom stereocenters. The third-order valence-corrected chi connectivity index (χ3v) is 2.47. The molecule has 4 nitrogen and oxygen atoms in total. The molecule has 1 N–H and O–H groups in total. The van der Waals surface area contributed by atoms with Crippen LogP contribution in [0.3, 0.4) is 0 Å². The molecular formula is C14H15NO3. The molecule has 0 aromatic heterocycles. The molecule has 2 rings (SSSR count). The van der Waals surface area contributed by atoms with Gasteiger partial charge in [-0.2, -0.15) is 0 Å². The summed E-state index contributed by atoms with van der Waals surface area (Å²) < 4.78 is 5.57. The molecule has 4 heteroatoms. The maximum absolute atomic E-state index is 11.4. The Bertz CT molecular complexity index is 518. The molecule has 0 bridgehead atoms. The van der Waals surface area contributed by atoms with Crippen molar-refractivity contribution in [3.63, 3.8) is 0 Å². The van der Waals surface area contributed by atoms with Gasteiger partial charge in [-0.25, -0.2) is 0 Å². The molecule has 0 radical (unpaired) electrons. The maximum Gasteiger partial charge on any atom is 0.254 e. The quantitative estimate of drug-likeness (QED) is 0.653. The van der Waals surface area contributed by atoms with Crippen LogP contribution in [0.15, 0.2) is 29.8 Å². The highest BCUT2D eigenvalue weighted by Gasteiger charge is 2.23. The van der Waals surface area contributed by atoms with E-state index in [4.69, 9.17) is 4.74 Å². The summed E-state index contributed by atoms with van der Waals surface area (Å²) in [5.74, 6) is 0.195. The smallest absolute Gasteiger partial charge is 0.254 e. The molecule has 1 fully saturated rings. The molecule has 0 aliphatic carbocycles. The summed E-state index contributed by atoms with van der Waals surface area (Å²) in [4.78, 5) is 22.5. The van der Waals surface area contributed by atoms with E-state index in [2.05, 4.69) is 5.32 Å². The van der Waals surface area contributed by atoms with Crippen molar-refractivity contribution >= 4 is 17.9 Å². The van der Waals surface area contributed by atoms with Gasteiger partial charge in [0.25, 0.3) is 5.91 Å². The third-order valence-electron chi connectivity index (χ3n) is 2.47. The van der Waals surface area contributed by atoms with Crippen molar-refractivity contribution in [2.24, 2.45) is 0 Å². The molecule has 2 amide bonds. The third kappa shape index (κ3) is 2.97. The van der Waals surface area contributed by atoms with E-state index in [9.17, 15) is 9.59 Å². The van der Waals surface area contributed by atoms with Crippen LogP contribution in [-0.4, -0.2) is 17.9 Å². The zero-order chi connectivity index (χ0) is 13.1. The van der Waals surface area contributed by atoms with Gasteiger partial charge >= 0.3 is 0 Å². The van der Waals surface area contributed by atoms with Gasteiger partial charge in [-0.05, 0) is 37.6 Å². The van der Waals surface area contributed by atoms with Crippen LogP contribution in [0, 0.1) is 0 Å². The fourth-order valence-corrected chi connectivity index (χ4v) is 1.77. The molecule has 0 saturated carbocycles. The zero-order valence-corrected chi connectivity index (χ0v) is 10.4. The number of imide groups is 1. The van der Waals surface area contributed by atoms with E-state index in [0.29, 0.717) is 5.57 Å². The minimum atomic E-state index is -0.310. The molecule has 1 aromatic carbocycles. The van der Waals surface area contributed by atoms with Crippen LogP contribution in [0.25, 0.3) is 6.08 Å². The van der Waals surface area contributed by atoms with E-state index in [1.807, 2.05) is 38.1 Å². The van der Waals surface area contributed by atoms with Gasteiger partial charge in [0.15, 0.2) is 0 Å². The average Bonchev–Trinajstić information content (AvgIpc) is 2.57. The molecule has 1 heterocycles. The second-order valence-electron chi connectivity index (χ2n) is 4.46. The Morgan fingerprint density at radius 1 is 1.33 bits per heavy atom. The molecular weight excluding hydrogens is 230 g/mol. The van der Waals surface area contributed by atoms with Crippen LogP contribution < -0.4 is 10.1 Å². The first-order chi connectivity index (χ1) is 8.54. The highest BCUT2D eigenvalue weighted by molar-refractivity contribution is 6.15. The van der Waals surface area contributed by atoms with Crippen molar-refractivity contribution in [1.29, 1.82) is 0 Å². The molecule has 1 aromatic rings. The molecule has 18 heavy (non-hydrogen) atoms. The Hall–Kier alpha value is -2.10. The number of carbonyl (C=O) groups excluding carboxylic acids is 2. The summed E-state index contributed by atoms with van der Waals surface area (Å²) >= 11 is 0. The van der Waals surface area contributed by atoms with Crippen LogP contribution in [0.1, 0.15) is 25.8 Å². The summed E-state index contributed by atoms with van der Waals surface area (Å²) in [6.45, 7) is 3.91. The van der Waals surface area contributed by atoms with E-state index in [0.717, 1.165) is 11.3 Å². The number of hydrogen-bond acceptors (Lipinski definition) is 3. The standard InChI is InChI=1S/C14H15NO3/c1-9(2)18-12-5-3-4-10(7-12)6-11-8-13(16)15-14(11)17/h3-7,9H,8H2,1-2H3,(H,15,16,17). The van der Waals surface area contributed by atoms with Crippen molar-refractivity contribution in [2.45, 2.75) is 26.4 Å². The van der Waals surface area contributed by atoms with Crippen molar-refractivity contribution < 1.29 is 14.3 Å².